The van der Waals surface area contributed by atoms with Crippen LogP contribution in [-0.4, -0.2) is 56.3 Å². The maximum Gasteiger partial charge on any atom is 0.312 e. The monoisotopic (exact) mass is 370 g/mol. The number of benzene rings is 1. The van der Waals surface area contributed by atoms with E-state index < -0.39 is 11.4 Å². The molecule has 1 N–H and O–H groups in total. The molecule has 27 heavy (non-hydrogen) atoms. The number of carboxylic acids is 1. The molecular weight excluding hydrogens is 348 g/mol. The van der Waals surface area contributed by atoms with Crippen LogP contribution in [0, 0.1) is 11.3 Å². The summed E-state index contributed by atoms with van der Waals surface area (Å²) >= 11 is 0. The van der Waals surface area contributed by atoms with Gasteiger partial charge in [0, 0.05) is 32.0 Å². The van der Waals surface area contributed by atoms with Gasteiger partial charge in [-0.1, -0.05) is 18.2 Å². The lowest BCUT2D eigenvalue weighted by Crippen LogP contribution is -2.42. The highest BCUT2D eigenvalue weighted by molar-refractivity contribution is 5.81. The van der Waals surface area contributed by atoms with E-state index in [1.165, 1.54) is 6.33 Å². The largest absolute Gasteiger partial charge is 0.493 e. The Bertz CT molecular complexity index is 838. The van der Waals surface area contributed by atoms with Gasteiger partial charge in [0.25, 0.3) is 0 Å². The SMILES string of the molecule is O=C(CCCn1cncn1)N1C[C@H]2COc3ccccc3C[C@@]2(C(=O)O)C1. The third-order valence-electron chi connectivity index (χ3n) is 5.64. The highest BCUT2D eigenvalue weighted by Gasteiger charge is 2.55. The van der Waals surface area contributed by atoms with Crippen molar-refractivity contribution in [2.75, 3.05) is 19.7 Å². The number of fused-ring (bicyclic) bond motifs is 2. The molecule has 0 spiro atoms. The Morgan fingerprint density at radius 1 is 1.33 bits per heavy atom. The summed E-state index contributed by atoms with van der Waals surface area (Å²) < 4.78 is 7.56. The van der Waals surface area contributed by atoms with Crippen LogP contribution in [0.5, 0.6) is 5.75 Å². The summed E-state index contributed by atoms with van der Waals surface area (Å²) in [6.45, 7) is 1.57. The van der Waals surface area contributed by atoms with E-state index in [1.54, 1.807) is 15.9 Å². The number of carboxylic acid groups (broad SMARTS) is 1. The van der Waals surface area contributed by atoms with Crippen LogP contribution in [0.1, 0.15) is 18.4 Å². The van der Waals surface area contributed by atoms with E-state index in [-0.39, 0.29) is 18.4 Å². The van der Waals surface area contributed by atoms with Gasteiger partial charge in [-0.15, -0.1) is 0 Å². The summed E-state index contributed by atoms with van der Waals surface area (Å²) in [6.07, 6.45) is 4.46. The van der Waals surface area contributed by atoms with E-state index in [9.17, 15) is 14.7 Å². The lowest BCUT2D eigenvalue weighted by Gasteiger charge is -2.27. The van der Waals surface area contributed by atoms with Crippen molar-refractivity contribution in [1.29, 1.82) is 0 Å². The molecule has 1 fully saturated rings. The molecule has 1 amide bonds. The van der Waals surface area contributed by atoms with Crippen LogP contribution in [0.3, 0.4) is 0 Å². The molecule has 8 nitrogen and oxygen atoms in total. The number of hydrogen-bond acceptors (Lipinski definition) is 5. The minimum atomic E-state index is -0.992. The van der Waals surface area contributed by atoms with Gasteiger partial charge in [0.1, 0.15) is 18.4 Å². The number of amides is 1. The molecule has 0 unspecified atom stereocenters. The Hall–Kier alpha value is -2.90. The molecule has 2 aliphatic heterocycles. The normalized spacial score (nSPS) is 23.9. The van der Waals surface area contributed by atoms with E-state index in [1.807, 2.05) is 24.3 Å². The Kier molecular flexibility index (Phi) is 4.55. The number of aromatic nitrogens is 3. The first kappa shape index (κ1) is 17.5. The predicted octanol–water partition coefficient (Wildman–Crippen LogP) is 1.22. The number of rotatable bonds is 5. The van der Waals surface area contributed by atoms with Gasteiger partial charge in [0.15, 0.2) is 0 Å². The zero-order valence-electron chi connectivity index (χ0n) is 15.0. The van der Waals surface area contributed by atoms with E-state index in [4.69, 9.17) is 4.74 Å². The quantitative estimate of drug-likeness (QED) is 0.850. The van der Waals surface area contributed by atoms with E-state index in [2.05, 4.69) is 10.1 Å². The van der Waals surface area contributed by atoms with Crippen molar-refractivity contribution < 1.29 is 19.4 Å². The van der Waals surface area contributed by atoms with Crippen LogP contribution in [0.2, 0.25) is 0 Å². The van der Waals surface area contributed by atoms with Gasteiger partial charge in [0.05, 0.1) is 12.0 Å². The van der Waals surface area contributed by atoms with E-state index in [0.29, 0.717) is 39.0 Å². The Balaban J connectivity index is 1.46. The van der Waals surface area contributed by atoms with Crippen molar-refractivity contribution in [3.8, 4) is 5.75 Å². The number of aliphatic carboxylic acids is 1. The molecule has 1 aromatic carbocycles. The minimum absolute atomic E-state index is 0.0166. The molecule has 3 heterocycles. The van der Waals surface area contributed by atoms with Crippen LogP contribution in [-0.2, 0) is 22.6 Å². The Labute approximate surface area is 156 Å². The van der Waals surface area contributed by atoms with Crippen molar-refractivity contribution in [3.63, 3.8) is 0 Å². The van der Waals surface area contributed by atoms with Gasteiger partial charge in [-0.05, 0) is 24.5 Å². The number of likely N-dealkylation sites (tertiary alicyclic amines) is 1. The zero-order chi connectivity index (χ0) is 18.9. The summed E-state index contributed by atoms with van der Waals surface area (Å²) in [7, 11) is 0. The van der Waals surface area contributed by atoms with Crippen molar-refractivity contribution in [2.45, 2.75) is 25.8 Å². The van der Waals surface area contributed by atoms with E-state index in [0.717, 1.165) is 11.3 Å². The number of hydrogen-bond donors (Lipinski definition) is 1. The second kappa shape index (κ2) is 7.02. The van der Waals surface area contributed by atoms with Gasteiger partial charge < -0.3 is 14.7 Å². The molecule has 1 saturated heterocycles. The van der Waals surface area contributed by atoms with Gasteiger partial charge in [-0.25, -0.2) is 4.98 Å². The molecule has 8 heteroatoms. The number of nitrogens with zero attached hydrogens (tertiary/aromatic N) is 4. The van der Waals surface area contributed by atoms with Gasteiger partial charge in [-0.2, -0.15) is 5.10 Å². The first-order chi connectivity index (χ1) is 13.1. The van der Waals surface area contributed by atoms with Crippen LogP contribution in [0.15, 0.2) is 36.9 Å². The van der Waals surface area contributed by atoms with Crippen molar-refractivity contribution in [1.82, 2.24) is 19.7 Å². The first-order valence-electron chi connectivity index (χ1n) is 9.13. The number of para-hydroxylation sites is 1. The van der Waals surface area contributed by atoms with E-state index >= 15 is 0 Å². The molecular formula is C19H22N4O4. The lowest BCUT2D eigenvalue weighted by molar-refractivity contribution is -0.151. The average Bonchev–Trinajstić information content (AvgIpc) is 3.27. The molecule has 1 aromatic heterocycles. The average molecular weight is 370 g/mol. The molecule has 4 rings (SSSR count). The van der Waals surface area contributed by atoms with Crippen LogP contribution < -0.4 is 4.74 Å². The molecule has 0 saturated carbocycles. The molecule has 0 bridgehead atoms. The second-order valence-electron chi connectivity index (χ2n) is 7.29. The molecule has 0 radical (unpaired) electrons. The minimum Gasteiger partial charge on any atom is -0.493 e. The Morgan fingerprint density at radius 2 is 2.19 bits per heavy atom. The third kappa shape index (κ3) is 3.27. The maximum atomic E-state index is 12.7. The standard InChI is InChI=1S/C19H22N4O4/c24-17(6-3-7-23-13-20-12-21-23)22-9-15-10-27-16-5-2-1-4-14(16)8-19(15,11-22)18(25)26/h1-2,4-5,12-13,15H,3,6-11H2,(H,25,26)/t15-,19+/m0/s1. The van der Waals surface area contributed by atoms with Crippen LogP contribution >= 0.6 is 0 Å². The fourth-order valence-electron chi connectivity index (χ4n) is 4.11. The first-order valence-corrected chi connectivity index (χ1v) is 9.13. The molecule has 0 aliphatic carbocycles. The van der Waals surface area contributed by atoms with Gasteiger partial charge in [-0.3, -0.25) is 14.3 Å². The van der Waals surface area contributed by atoms with Crippen molar-refractivity contribution >= 4 is 11.9 Å². The summed E-state index contributed by atoms with van der Waals surface area (Å²) in [5, 5.41) is 14.1. The number of carbonyl (C=O) groups excluding carboxylic acids is 1. The molecule has 2 aliphatic rings. The summed E-state index contributed by atoms with van der Waals surface area (Å²) in [5.41, 5.74) is -0.100. The van der Waals surface area contributed by atoms with Crippen LogP contribution in [0.4, 0.5) is 0 Å². The zero-order valence-corrected chi connectivity index (χ0v) is 15.0. The fourth-order valence-corrected chi connectivity index (χ4v) is 4.11. The summed E-state index contributed by atoms with van der Waals surface area (Å²) in [6, 6.07) is 7.56. The van der Waals surface area contributed by atoms with Crippen molar-refractivity contribution in [2.24, 2.45) is 11.3 Å². The lowest BCUT2D eigenvalue weighted by atomic mass is 9.74. The Morgan fingerprint density at radius 3 is 2.96 bits per heavy atom. The number of ether oxygens (including phenoxy) is 1. The summed E-state index contributed by atoms with van der Waals surface area (Å²) in [5.74, 6) is -0.345. The maximum absolute atomic E-state index is 12.7. The molecule has 2 atom stereocenters. The number of aryl methyl sites for hydroxylation is 1. The molecule has 142 valence electrons. The number of carbonyl (C=O) groups is 2. The smallest absolute Gasteiger partial charge is 0.312 e. The van der Waals surface area contributed by atoms with Crippen LogP contribution in [0.25, 0.3) is 0 Å². The van der Waals surface area contributed by atoms with Gasteiger partial charge >= 0.3 is 5.97 Å². The third-order valence-corrected chi connectivity index (χ3v) is 5.64. The molecule has 2 aromatic rings. The predicted molar refractivity (Wildman–Crippen MR) is 95.0 cm³/mol. The summed E-state index contributed by atoms with van der Waals surface area (Å²) in [4.78, 5) is 30.5. The van der Waals surface area contributed by atoms with Crippen molar-refractivity contribution in [3.05, 3.63) is 42.5 Å². The highest BCUT2D eigenvalue weighted by Crippen LogP contribution is 2.44. The highest BCUT2D eigenvalue weighted by atomic mass is 16.5. The van der Waals surface area contributed by atoms with Gasteiger partial charge in [0.2, 0.25) is 5.91 Å². The fraction of sp³-hybridized carbons (Fsp3) is 0.474. The topological polar surface area (TPSA) is 97.5 Å². The second-order valence-corrected chi connectivity index (χ2v) is 7.29.